The van der Waals surface area contributed by atoms with Crippen LogP contribution < -0.4 is 4.90 Å². The van der Waals surface area contributed by atoms with E-state index in [-0.39, 0.29) is 22.5 Å². The minimum atomic E-state index is -0.666. The van der Waals surface area contributed by atoms with Crippen LogP contribution in [0.3, 0.4) is 0 Å². The molecule has 290 valence electrons. The van der Waals surface area contributed by atoms with Crippen molar-refractivity contribution in [3.8, 4) is 16.8 Å². The number of fused-ring (bicyclic) bond motifs is 10. The zero-order valence-corrected chi connectivity index (χ0v) is 33.2. The van der Waals surface area contributed by atoms with E-state index in [1.165, 1.54) is 22.3 Å². The van der Waals surface area contributed by atoms with Crippen LogP contribution >= 0.6 is 0 Å². The Balaban J connectivity index is 1.15. The number of benzene rings is 10. The molecule has 3 heteroatoms. The van der Waals surface area contributed by atoms with Crippen molar-refractivity contribution in [2.24, 2.45) is 0 Å². The zero-order chi connectivity index (χ0) is 46.9. The molecule has 0 amide bonds. The van der Waals surface area contributed by atoms with Gasteiger partial charge in [-0.3, -0.25) is 0 Å². The van der Waals surface area contributed by atoms with Crippen molar-refractivity contribution < 1.29 is 14.0 Å². The second-order valence-electron chi connectivity index (χ2n) is 15.9. The van der Waals surface area contributed by atoms with Crippen LogP contribution in [-0.2, 0) is 5.41 Å². The monoisotopic (exact) mass is 797 g/mol. The predicted molar refractivity (Wildman–Crippen MR) is 258 cm³/mol. The molecule has 3 nitrogen and oxygen atoms in total. The van der Waals surface area contributed by atoms with Crippen molar-refractivity contribution >= 4 is 71.6 Å². The average molecular weight is 798 g/mol. The van der Waals surface area contributed by atoms with Gasteiger partial charge >= 0.3 is 0 Å². The normalized spacial score (nSPS) is 14.5. The van der Waals surface area contributed by atoms with Gasteiger partial charge in [0.2, 0.25) is 0 Å². The summed E-state index contributed by atoms with van der Waals surface area (Å²) in [5.74, 6) is 0. The zero-order valence-electron chi connectivity index (χ0n) is 40.2. The van der Waals surface area contributed by atoms with Gasteiger partial charge in [-0.1, -0.05) is 158 Å². The number of para-hydroxylation sites is 2. The van der Waals surface area contributed by atoms with Gasteiger partial charge in [0.1, 0.15) is 11.2 Å². The maximum absolute atomic E-state index is 9.63. The third kappa shape index (κ3) is 4.94. The summed E-state index contributed by atoms with van der Waals surface area (Å²) in [6, 6.07) is 61.6. The van der Waals surface area contributed by atoms with Gasteiger partial charge in [0.15, 0.2) is 0 Å². The second-order valence-corrected chi connectivity index (χ2v) is 15.9. The van der Waals surface area contributed by atoms with Crippen LogP contribution in [0.2, 0.25) is 0 Å². The SMILES string of the molecule is [2H]c1c([2H])c([2H])c2c(N(c3ccc4oc5ccccc5c4c3)c3ccc4c(c3)c3cc(C5(c6ccccc6)c6ccccc6-c6ccccc65)ccc3n4-c3ccccc3)c([2H])c([2H])c([2H])c2c1[2H]. The highest BCUT2D eigenvalue weighted by molar-refractivity contribution is 6.12. The molecule has 0 unspecified atom stereocenters. The van der Waals surface area contributed by atoms with Crippen molar-refractivity contribution in [3.05, 3.63) is 253 Å². The van der Waals surface area contributed by atoms with Gasteiger partial charge in [0.05, 0.1) is 31.7 Å². The Kier molecular flexibility index (Phi) is 6.14. The Labute approximate surface area is 368 Å². The molecule has 0 spiro atoms. The van der Waals surface area contributed by atoms with Crippen molar-refractivity contribution in [2.75, 3.05) is 4.90 Å². The highest BCUT2D eigenvalue weighted by atomic mass is 16.3. The van der Waals surface area contributed by atoms with Crippen molar-refractivity contribution in [1.82, 2.24) is 4.57 Å². The fraction of sp³-hybridized carbons (Fsp3) is 0.0169. The molecule has 0 aliphatic heterocycles. The van der Waals surface area contributed by atoms with E-state index < -0.39 is 41.7 Å². The molecule has 0 fully saturated rings. The number of anilines is 3. The van der Waals surface area contributed by atoms with Crippen LogP contribution in [-0.4, -0.2) is 4.57 Å². The molecular formula is C59H38N2O. The van der Waals surface area contributed by atoms with Crippen molar-refractivity contribution in [1.29, 1.82) is 0 Å². The molecule has 2 aromatic heterocycles. The Morgan fingerprint density at radius 1 is 0.435 bits per heavy atom. The first-order chi connectivity index (χ1) is 33.7. The van der Waals surface area contributed by atoms with Crippen LogP contribution in [0.25, 0.3) is 71.3 Å². The van der Waals surface area contributed by atoms with E-state index in [0.717, 1.165) is 49.4 Å². The van der Waals surface area contributed by atoms with Crippen LogP contribution in [0.1, 0.15) is 31.8 Å². The average Bonchev–Trinajstić information content (AvgIpc) is 4.04. The molecule has 10 aromatic carbocycles. The Bertz CT molecular complexity index is 4070. The maximum atomic E-state index is 9.63. The predicted octanol–water partition coefficient (Wildman–Crippen LogP) is 15.7. The molecule has 0 saturated heterocycles. The third-order valence-corrected chi connectivity index (χ3v) is 12.7. The fourth-order valence-corrected chi connectivity index (χ4v) is 10.2. The lowest BCUT2D eigenvalue weighted by Crippen LogP contribution is -2.28. The van der Waals surface area contributed by atoms with Crippen molar-refractivity contribution in [2.45, 2.75) is 5.41 Å². The van der Waals surface area contributed by atoms with Crippen LogP contribution in [0, 0.1) is 0 Å². The number of aromatic nitrogens is 1. The molecule has 2 heterocycles. The molecule has 0 saturated carbocycles. The van der Waals surface area contributed by atoms with Gasteiger partial charge in [0, 0.05) is 44.0 Å². The molecule has 62 heavy (non-hydrogen) atoms. The Morgan fingerprint density at radius 2 is 1.03 bits per heavy atom. The third-order valence-electron chi connectivity index (χ3n) is 12.7. The Hall–Kier alpha value is -8.14. The molecule has 0 N–H and O–H groups in total. The van der Waals surface area contributed by atoms with Gasteiger partial charge in [-0.15, -0.1) is 0 Å². The first kappa shape index (κ1) is 28.3. The van der Waals surface area contributed by atoms with Crippen LogP contribution in [0.4, 0.5) is 17.1 Å². The van der Waals surface area contributed by atoms with E-state index in [1.54, 1.807) is 0 Å². The minimum Gasteiger partial charge on any atom is -0.456 e. The van der Waals surface area contributed by atoms with Gasteiger partial charge in [-0.2, -0.15) is 0 Å². The quantitative estimate of drug-likeness (QED) is 0.167. The van der Waals surface area contributed by atoms with E-state index in [0.29, 0.717) is 22.5 Å². The van der Waals surface area contributed by atoms with E-state index in [4.69, 9.17) is 11.3 Å². The molecule has 1 aliphatic carbocycles. The summed E-state index contributed by atoms with van der Waals surface area (Å²) in [7, 11) is 0. The van der Waals surface area contributed by atoms with E-state index in [9.17, 15) is 2.74 Å². The first-order valence-electron chi connectivity index (χ1n) is 24.3. The largest absolute Gasteiger partial charge is 0.456 e. The summed E-state index contributed by atoms with van der Waals surface area (Å²) in [4.78, 5) is 1.81. The second kappa shape index (κ2) is 13.4. The molecule has 0 bridgehead atoms. The summed E-state index contributed by atoms with van der Waals surface area (Å²) in [5.41, 5.74) is 11.8. The first-order valence-corrected chi connectivity index (χ1v) is 20.8. The standard InChI is InChI=1S/C59H38N2O/c1-3-18-40(19-4-1)59(52-26-12-9-23-46(52)47-24-10-13-27-53(47)59)41-30-33-55-49(36-41)50-37-43(31-34-56(50)61(55)42-20-5-2-6-21-42)60(54-28-15-17-39-16-7-8-22-45(39)54)44-32-35-58-51(38-44)48-25-11-14-29-57(48)62-58/h1-38H/i7D,8D,15D,16D,17D,22D,28D. The van der Waals surface area contributed by atoms with E-state index >= 15 is 0 Å². The fourth-order valence-electron chi connectivity index (χ4n) is 10.2. The lowest BCUT2D eigenvalue weighted by atomic mass is 9.67. The lowest BCUT2D eigenvalue weighted by Gasteiger charge is -2.34. The summed E-state index contributed by atoms with van der Waals surface area (Å²) >= 11 is 0. The molecule has 0 atom stereocenters. The van der Waals surface area contributed by atoms with Gasteiger partial charge < -0.3 is 13.9 Å². The summed E-state index contributed by atoms with van der Waals surface area (Å²) < 4.78 is 72.1. The summed E-state index contributed by atoms with van der Waals surface area (Å²) in [5, 5.41) is 3.43. The number of rotatable bonds is 6. The van der Waals surface area contributed by atoms with Gasteiger partial charge in [-0.25, -0.2) is 0 Å². The van der Waals surface area contributed by atoms with E-state index in [1.807, 2.05) is 71.6 Å². The number of nitrogens with zero attached hydrogens (tertiary/aromatic N) is 2. The van der Waals surface area contributed by atoms with Gasteiger partial charge in [0.25, 0.3) is 0 Å². The number of furan rings is 1. The smallest absolute Gasteiger partial charge is 0.135 e. The van der Waals surface area contributed by atoms with Crippen molar-refractivity contribution in [3.63, 3.8) is 0 Å². The number of hydrogen-bond donors (Lipinski definition) is 0. The Morgan fingerprint density at radius 3 is 1.82 bits per heavy atom. The maximum Gasteiger partial charge on any atom is 0.135 e. The lowest BCUT2D eigenvalue weighted by molar-refractivity contribution is 0.669. The number of hydrogen-bond acceptors (Lipinski definition) is 2. The van der Waals surface area contributed by atoms with E-state index in [2.05, 4.69) is 126 Å². The highest BCUT2D eigenvalue weighted by Crippen LogP contribution is 2.56. The van der Waals surface area contributed by atoms with Crippen LogP contribution in [0.5, 0.6) is 0 Å². The highest BCUT2D eigenvalue weighted by Gasteiger charge is 2.46. The van der Waals surface area contributed by atoms with Gasteiger partial charge in [-0.05, 0) is 112 Å². The summed E-state index contributed by atoms with van der Waals surface area (Å²) in [6.07, 6.45) is 0. The molecule has 0 radical (unpaired) electrons. The van der Waals surface area contributed by atoms with Crippen LogP contribution in [0.15, 0.2) is 235 Å². The summed E-state index contributed by atoms with van der Waals surface area (Å²) in [6.45, 7) is 0. The topological polar surface area (TPSA) is 21.3 Å². The minimum absolute atomic E-state index is 0.0124. The molecule has 12 aromatic rings. The molecular weight excluding hydrogens is 753 g/mol. The molecule has 1 aliphatic rings. The molecule has 13 rings (SSSR count).